The van der Waals surface area contributed by atoms with Crippen molar-refractivity contribution < 1.29 is 8.42 Å². The molecule has 0 spiro atoms. The number of fused-ring (bicyclic) bond motifs is 1. The van der Waals surface area contributed by atoms with Crippen LogP contribution in [0.15, 0.2) is 41.4 Å². The van der Waals surface area contributed by atoms with Crippen LogP contribution < -0.4 is 4.72 Å². The Morgan fingerprint density at radius 2 is 2.06 bits per heavy atom. The van der Waals surface area contributed by atoms with Crippen LogP contribution in [0.4, 0.5) is 0 Å². The largest absolute Gasteiger partial charge is 0.256 e. The Morgan fingerprint density at radius 1 is 1.28 bits per heavy atom. The quantitative estimate of drug-likeness (QED) is 0.922. The smallest absolute Gasteiger partial charge is 0.241 e. The van der Waals surface area contributed by atoms with Gasteiger partial charge in [-0.1, -0.05) is 13.0 Å². The zero-order chi connectivity index (χ0) is 13.2. The Labute approximate surface area is 107 Å². The number of hydrogen-bond acceptors (Lipinski definition) is 3. The molecule has 5 heteroatoms. The summed E-state index contributed by atoms with van der Waals surface area (Å²) in [7, 11) is -3.49. The lowest BCUT2D eigenvalue weighted by molar-refractivity contribution is 0.556. The minimum absolute atomic E-state index is 0.0815. The molecule has 0 aliphatic heterocycles. The molecule has 0 fully saturated rings. The third-order valence-electron chi connectivity index (χ3n) is 2.86. The molecule has 1 N–H and O–H groups in total. The van der Waals surface area contributed by atoms with Crippen molar-refractivity contribution in [2.45, 2.75) is 31.2 Å². The molecule has 18 heavy (non-hydrogen) atoms. The van der Waals surface area contributed by atoms with Gasteiger partial charge in [-0.25, -0.2) is 13.1 Å². The van der Waals surface area contributed by atoms with Crippen LogP contribution in [0.25, 0.3) is 10.9 Å². The summed E-state index contributed by atoms with van der Waals surface area (Å²) in [6.45, 7) is 3.79. The first-order chi connectivity index (χ1) is 8.54. The van der Waals surface area contributed by atoms with Crippen molar-refractivity contribution >= 4 is 20.9 Å². The summed E-state index contributed by atoms with van der Waals surface area (Å²) in [6, 6.07) is 8.55. The fourth-order valence-corrected chi connectivity index (χ4v) is 3.26. The lowest BCUT2D eigenvalue weighted by Gasteiger charge is -2.13. The minimum atomic E-state index is -3.49. The third kappa shape index (κ3) is 2.52. The number of rotatable bonds is 4. The fraction of sp³-hybridized carbons (Fsp3) is 0.308. The van der Waals surface area contributed by atoms with Gasteiger partial charge in [0, 0.05) is 17.6 Å². The molecule has 1 atom stereocenters. The molecule has 0 radical (unpaired) electrons. The Bertz CT molecular complexity index is 648. The van der Waals surface area contributed by atoms with E-state index in [4.69, 9.17) is 0 Å². The highest BCUT2D eigenvalue weighted by Crippen LogP contribution is 2.21. The molecule has 1 aromatic carbocycles. The van der Waals surface area contributed by atoms with Crippen molar-refractivity contribution in [2.24, 2.45) is 0 Å². The van der Waals surface area contributed by atoms with E-state index < -0.39 is 10.0 Å². The van der Waals surface area contributed by atoms with Crippen molar-refractivity contribution in [2.75, 3.05) is 0 Å². The molecule has 0 saturated heterocycles. The van der Waals surface area contributed by atoms with Crippen LogP contribution in [-0.2, 0) is 10.0 Å². The van der Waals surface area contributed by atoms with Gasteiger partial charge in [-0.3, -0.25) is 4.98 Å². The molecular weight excluding hydrogens is 248 g/mol. The highest BCUT2D eigenvalue weighted by atomic mass is 32.2. The van der Waals surface area contributed by atoms with Gasteiger partial charge in [-0.2, -0.15) is 0 Å². The molecular formula is C13H16N2O2S. The number of pyridine rings is 1. The molecule has 4 nitrogen and oxygen atoms in total. The SMILES string of the molecule is CCC(C)NS(=O)(=O)c1cccc2ncccc12. The number of benzene rings is 1. The number of nitrogens with zero attached hydrogens (tertiary/aromatic N) is 1. The van der Waals surface area contributed by atoms with Crippen LogP contribution in [0.2, 0.25) is 0 Å². The first kappa shape index (κ1) is 13.0. The standard InChI is InChI=1S/C13H16N2O2S/c1-3-10(2)15-18(16,17)13-8-4-7-12-11(13)6-5-9-14-12/h4-10,15H,3H2,1-2H3. The van der Waals surface area contributed by atoms with Crippen LogP contribution in [0, 0.1) is 0 Å². The molecule has 1 aromatic heterocycles. The van der Waals surface area contributed by atoms with E-state index in [0.717, 1.165) is 6.42 Å². The van der Waals surface area contributed by atoms with Gasteiger partial charge in [0.1, 0.15) is 0 Å². The van der Waals surface area contributed by atoms with Gasteiger partial charge in [-0.05, 0) is 37.6 Å². The second-order valence-electron chi connectivity index (χ2n) is 4.26. The van der Waals surface area contributed by atoms with Crippen molar-refractivity contribution in [3.63, 3.8) is 0 Å². The number of nitrogens with one attached hydrogen (secondary N) is 1. The first-order valence-electron chi connectivity index (χ1n) is 5.90. The zero-order valence-corrected chi connectivity index (χ0v) is 11.2. The monoisotopic (exact) mass is 264 g/mol. The van der Waals surface area contributed by atoms with Gasteiger partial charge in [-0.15, -0.1) is 0 Å². The summed E-state index contributed by atoms with van der Waals surface area (Å²) in [5, 5.41) is 0.649. The molecule has 0 aliphatic rings. The number of sulfonamides is 1. The summed E-state index contributed by atoms with van der Waals surface area (Å²) < 4.78 is 27.2. The fourth-order valence-electron chi connectivity index (χ4n) is 1.72. The zero-order valence-electron chi connectivity index (χ0n) is 10.4. The van der Waals surface area contributed by atoms with E-state index in [-0.39, 0.29) is 10.9 Å². The lowest BCUT2D eigenvalue weighted by Crippen LogP contribution is -2.32. The van der Waals surface area contributed by atoms with Gasteiger partial charge in [0.25, 0.3) is 0 Å². The third-order valence-corrected chi connectivity index (χ3v) is 4.51. The normalized spacial score (nSPS) is 13.7. The first-order valence-corrected chi connectivity index (χ1v) is 7.39. The minimum Gasteiger partial charge on any atom is -0.256 e. The van der Waals surface area contributed by atoms with E-state index in [1.165, 1.54) is 0 Å². The molecule has 1 heterocycles. The van der Waals surface area contributed by atoms with E-state index in [9.17, 15) is 8.42 Å². The summed E-state index contributed by atoms with van der Waals surface area (Å²) in [5.74, 6) is 0. The average molecular weight is 264 g/mol. The molecule has 2 aromatic rings. The summed E-state index contributed by atoms with van der Waals surface area (Å²) in [5.41, 5.74) is 0.685. The average Bonchev–Trinajstić information content (AvgIpc) is 2.37. The predicted octanol–water partition coefficient (Wildman–Crippen LogP) is 2.31. The summed E-state index contributed by atoms with van der Waals surface area (Å²) >= 11 is 0. The predicted molar refractivity (Wildman–Crippen MR) is 71.8 cm³/mol. The number of hydrogen-bond donors (Lipinski definition) is 1. The van der Waals surface area contributed by atoms with E-state index in [1.54, 1.807) is 36.5 Å². The van der Waals surface area contributed by atoms with E-state index in [0.29, 0.717) is 10.9 Å². The Balaban J connectivity index is 2.54. The van der Waals surface area contributed by atoms with Crippen LogP contribution in [0.1, 0.15) is 20.3 Å². The van der Waals surface area contributed by atoms with Crippen molar-refractivity contribution in [3.05, 3.63) is 36.5 Å². The van der Waals surface area contributed by atoms with Crippen molar-refractivity contribution in [1.29, 1.82) is 0 Å². The maximum absolute atomic E-state index is 12.3. The second kappa shape index (κ2) is 5.04. The number of aromatic nitrogens is 1. The topological polar surface area (TPSA) is 59.1 Å². The molecule has 96 valence electrons. The lowest BCUT2D eigenvalue weighted by atomic mass is 10.2. The van der Waals surface area contributed by atoms with Crippen LogP contribution in [-0.4, -0.2) is 19.4 Å². The van der Waals surface area contributed by atoms with Crippen molar-refractivity contribution in [1.82, 2.24) is 9.71 Å². The Hall–Kier alpha value is -1.46. The molecule has 0 bridgehead atoms. The molecule has 0 amide bonds. The molecule has 0 aliphatic carbocycles. The van der Waals surface area contributed by atoms with E-state index in [1.807, 2.05) is 13.8 Å². The maximum Gasteiger partial charge on any atom is 0.241 e. The second-order valence-corrected chi connectivity index (χ2v) is 5.94. The van der Waals surface area contributed by atoms with E-state index in [2.05, 4.69) is 9.71 Å². The van der Waals surface area contributed by atoms with Crippen LogP contribution in [0.3, 0.4) is 0 Å². The maximum atomic E-state index is 12.3. The molecule has 2 rings (SSSR count). The highest BCUT2D eigenvalue weighted by Gasteiger charge is 2.19. The van der Waals surface area contributed by atoms with Crippen LogP contribution in [0.5, 0.6) is 0 Å². The van der Waals surface area contributed by atoms with E-state index >= 15 is 0 Å². The van der Waals surface area contributed by atoms with Gasteiger partial charge in [0.05, 0.1) is 10.4 Å². The van der Waals surface area contributed by atoms with Crippen LogP contribution >= 0.6 is 0 Å². The summed E-state index contributed by atoms with van der Waals surface area (Å²) in [4.78, 5) is 4.45. The van der Waals surface area contributed by atoms with Gasteiger partial charge < -0.3 is 0 Å². The highest BCUT2D eigenvalue weighted by molar-refractivity contribution is 7.89. The molecule has 1 unspecified atom stereocenters. The molecule has 0 saturated carbocycles. The Morgan fingerprint density at radius 3 is 2.78 bits per heavy atom. The van der Waals surface area contributed by atoms with Gasteiger partial charge in [0.15, 0.2) is 0 Å². The summed E-state index contributed by atoms with van der Waals surface area (Å²) in [6.07, 6.45) is 2.41. The Kier molecular flexibility index (Phi) is 3.63. The van der Waals surface area contributed by atoms with Gasteiger partial charge in [0.2, 0.25) is 10.0 Å². The van der Waals surface area contributed by atoms with Crippen molar-refractivity contribution in [3.8, 4) is 0 Å². The van der Waals surface area contributed by atoms with Gasteiger partial charge >= 0.3 is 0 Å².